The first-order chi connectivity index (χ1) is 9.81. The summed E-state index contributed by atoms with van der Waals surface area (Å²) in [6.07, 6.45) is 4.13. The van der Waals surface area contributed by atoms with Crippen molar-refractivity contribution in [1.82, 2.24) is 9.78 Å². The van der Waals surface area contributed by atoms with E-state index in [1.807, 2.05) is 18.2 Å². The van der Waals surface area contributed by atoms with Gasteiger partial charge in [0.05, 0.1) is 18.4 Å². The maximum atomic E-state index is 11.9. The smallest absolute Gasteiger partial charge is 0.268 e. The number of hydrogen-bond acceptors (Lipinski definition) is 4. The second-order valence-corrected chi connectivity index (χ2v) is 6.05. The van der Waals surface area contributed by atoms with Crippen LogP contribution in [0.15, 0.2) is 52.3 Å². The van der Waals surface area contributed by atoms with Crippen LogP contribution in [-0.2, 0) is 6.54 Å². The monoisotopic (exact) mass is 287 g/mol. The summed E-state index contributed by atoms with van der Waals surface area (Å²) < 4.78 is 1.52. The zero-order valence-electron chi connectivity index (χ0n) is 11.2. The molecular weight excluding hydrogens is 270 g/mol. The molecule has 1 fully saturated rings. The predicted octanol–water partition coefficient (Wildman–Crippen LogP) is 2.61. The molecule has 3 rings (SSSR count). The van der Waals surface area contributed by atoms with Gasteiger partial charge in [0.25, 0.3) is 5.56 Å². The van der Waals surface area contributed by atoms with E-state index in [2.05, 4.69) is 22.5 Å². The Balaban J connectivity index is 1.55. The van der Waals surface area contributed by atoms with Crippen LogP contribution < -0.4 is 10.9 Å². The minimum Gasteiger partial charge on any atom is -0.381 e. The van der Waals surface area contributed by atoms with E-state index in [0.29, 0.717) is 12.6 Å². The number of thioether (sulfide) groups is 1. The summed E-state index contributed by atoms with van der Waals surface area (Å²) in [5, 5.41) is 7.50. The number of aryl methyl sites for hydroxylation is 1. The van der Waals surface area contributed by atoms with Gasteiger partial charge in [0.1, 0.15) is 0 Å². The Labute approximate surface area is 122 Å². The third kappa shape index (κ3) is 3.63. The number of anilines is 1. The van der Waals surface area contributed by atoms with Crippen LogP contribution in [0.4, 0.5) is 5.69 Å². The van der Waals surface area contributed by atoms with Crippen LogP contribution in [0.25, 0.3) is 0 Å². The van der Waals surface area contributed by atoms with Crippen LogP contribution in [-0.4, -0.2) is 21.6 Å². The highest BCUT2D eigenvalue weighted by Crippen LogP contribution is 2.23. The molecule has 0 unspecified atom stereocenters. The predicted molar refractivity (Wildman–Crippen MR) is 82.3 cm³/mol. The third-order valence-corrected chi connectivity index (χ3v) is 4.12. The lowest BCUT2D eigenvalue weighted by Crippen LogP contribution is -2.23. The number of benzene rings is 1. The van der Waals surface area contributed by atoms with Crippen molar-refractivity contribution < 1.29 is 0 Å². The van der Waals surface area contributed by atoms with Gasteiger partial charge in [-0.3, -0.25) is 4.79 Å². The first-order valence-electron chi connectivity index (χ1n) is 6.83. The molecule has 0 atom stereocenters. The third-order valence-electron chi connectivity index (χ3n) is 3.13. The molecule has 4 nitrogen and oxygen atoms in total. The van der Waals surface area contributed by atoms with Gasteiger partial charge in [-0.05, 0) is 25.0 Å². The Kier molecular flexibility index (Phi) is 4.06. The Morgan fingerprint density at radius 3 is 2.80 bits per heavy atom. The topological polar surface area (TPSA) is 46.9 Å². The quantitative estimate of drug-likeness (QED) is 0.830. The Morgan fingerprint density at radius 1 is 1.30 bits per heavy atom. The molecule has 0 aliphatic heterocycles. The molecule has 1 saturated carbocycles. The van der Waals surface area contributed by atoms with Crippen molar-refractivity contribution in [1.29, 1.82) is 0 Å². The lowest BCUT2D eigenvalue weighted by molar-refractivity contribution is 0.622. The first kappa shape index (κ1) is 13.2. The van der Waals surface area contributed by atoms with Crippen LogP contribution in [0.5, 0.6) is 0 Å². The molecule has 1 aliphatic carbocycles. The molecule has 1 aromatic heterocycles. The fourth-order valence-corrected chi connectivity index (χ4v) is 2.76. The highest BCUT2D eigenvalue weighted by molar-refractivity contribution is 7.99. The molecular formula is C15H17N3OS. The van der Waals surface area contributed by atoms with Gasteiger partial charge in [0.15, 0.2) is 0 Å². The first-order valence-corrected chi connectivity index (χ1v) is 7.81. The highest BCUT2D eigenvalue weighted by atomic mass is 32.2. The van der Waals surface area contributed by atoms with Crippen LogP contribution in [0.2, 0.25) is 0 Å². The number of nitrogens with one attached hydrogen (secondary N) is 1. The van der Waals surface area contributed by atoms with Crippen LogP contribution in [0.1, 0.15) is 12.8 Å². The van der Waals surface area contributed by atoms with Crippen molar-refractivity contribution in [3.63, 3.8) is 0 Å². The van der Waals surface area contributed by atoms with Crippen molar-refractivity contribution >= 4 is 17.4 Å². The van der Waals surface area contributed by atoms with Crippen molar-refractivity contribution in [2.24, 2.45) is 0 Å². The standard InChI is InChI=1S/C15H17N3OS/c19-15-10-13(17-12-6-7-12)11-16-18(15)8-9-20-14-4-2-1-3-5-14/h1-5,10-12,17H,6-9H2. The molecule has 0 spiro atoms. The maximum Gasteiger partial charge on any atom is 0.268 e. The summed E-state index contributed by atoms with van der Waals surface area (Å²) in [6, 6.07) is 12.4. The lowest BCUT2D eigenvalue weighted by atomic mass is 10.4. The van der Waals surface area contributed by atoms with E-state index in [0.717, 1.165) is 11.4 Å². The summed E-state index contributed by atoms with van der Waals surface area (Å²) in [7, 11) is 0. The molecule has 104 valence electrons. The average molecular weight is 287 g/mol. The maximum absolute atomic E-state index is 11.9. The zero-order chi connectivity index (χ0) is 13.8. The van der Waals surface area contributed by atoms with Crippen molar-refractivity contribution in [3.8, 4) is 0 Å². The van der Waals surface area contributed by atoms with E-state index < -0.39 is 0 Å². The number of nitrogens with zero attached hydrogens (tertiary/aromatic N) is 2. The zero-order valence-corrected chi connectivity index (χ0v) is 12.0. The van der Waals surface area contributed by atoms with Gasteiger partial charge in [-0.2, -0.15) is 5.10 Å². The molecule has 0 radical (unpaired) electrons. The normalized spacial score (nSPS) is 14.2. The van der Waals surface area contributed by atoms with Crippen molar-refractivity contribution in [3.05, 3.63) is 52.9 Å². The summed E-state index contributed by atoms with van der Waals surface area (Å²) in [4.78, 5) is 13.2. The van der Waals surface area contributed by atoms with Gasteiger partial charge in [0.2, 0.25) is 0 Å². The molecule has 1 heterocycles. The number of hydrogen-bond donors (Lipinski definition) is 1. The van der Waals surface area contributed by atoms with Gasteiger partial charge in [-0.15, -0.1) is 11.8 Å². The summed E-state index contributed by atoms with van der Waals surface area (Å²) in [6.45, 7) is 0.627. The lowest BCUT2D eigenvalue weighted by Gasteiger charge is -2.07. The van der Waals surface area contributed by atoms with Crippen molar-refractivity contribution in [2.75, 3.05) is 11.1 Å². The second-order valence-electron chi connectivity index (χ2n) is 4.89. The second kappa shape index (κ2) is 6.13. The molecule has 0 amide bonds. The van der Waals surface area contributed by atoms with E-state index in [1.165, 1.54) is 22.4 Å². The van der Waals surface area contributed by atoms with Gasteiger partial charge in [-0.1, -0.05) is 18.2 Å². The minimum absolute atomic E-state index is 0.0377. The van der Waals surface area contributed by atoms with Gasteiger partial charge < -0.3 is 5.32 Å². The Morgan fingerprint density at radius 2 is 2.10 bits per heavy atom. The van der Waals surface area contributed by atoms with Crippen LogP contribution in [0.3, 0.4) is 0 Å². The van der Waals surface area contributed by atoms with Gasteiger partial charge in [0, 0.05) is 22.8 Å². The molecule has 2 aromatic rings. The van der Waals surface area contributed by atoms with Gasteiger partial charge in [-0.25, -0.2) is 4.68 Å². The minimum atomic E-state index is -0.0377. The molecule has 0 saturated heterocycles. The van der Waals surface area contributed by atoms with E-state index in [1.54, 1.807) is 24.0 Å². The highest BCUT2D eigenvalue weighted by Gasteiger charge is 2.20. The number of aromatic nitrogens is 2. The fourth-order valence-electron chi connectivity index (χ4n) is 1.91. The summed E-state index contributed by atoms with van der Waals surface area (Å²) >= 11 is 1.73. The molecule has 1 N–H and O–H groups in total. The Hall–Kier alpha value is -1.75. The molecule has 1 aliphatic rings. The molecule has 5 heteroatoms. The van der Waals surface area contributed by atoms with Crippen LogP contribution >= 0.6 is 11.8 Å². The molecule has 20 heavy (non-hydrogen) atoms. The van der Waals surface area contributed by atoms with E-state index in [9.17, 15) is 4.79 Å². The van der Waals surface area contributed by atoms with E-state index in [4.69, 9.17) is 0 Å². The summed E-state index contributed by atoms with van der Waals surface area (Å²) in [5.74, 6) is 0.840. The van der Waals surface area contributed by atoms with Gasteiger partial charge >= 0.3 is 0 Å². The van der Waals surface area contributed by atoms with Crippen LogP contribution in [0, 0.1) is 0 Å². The molecule has 0 bridgehead atoms. The molecule has 1 aromatic carbocycles. The number of rotatable bonds is 6. The SMILES string of the molecule is O=c1cc(NC2CC2)cnn1CCSc1ccccc1. The summed E-state index contributed by atoms with van der Waals surface area (Å²) in [5.41, 5.74) is 0.800. The largest absolute Gasteiger partial charge is 0.381 e. The van der Waals surface area contributed by atoms with E-state index in [-0.39, 0.29) is 5.56 Å². The van der Waals surface area contributed by atoms with E-state index >= 15 is 0 Å². The van der Waals surface area contributed by atoms with Crippen molar-refractivity contribution in [2.45, 2.75) is 30.3 Å². The average Bonchev–Trinajstić information content (AvgIpc) is 3.26. The Bertz CT molecular complexity index is 623. The fraction of sp³-hybridized carbons (Fsp3) is 0.333.